The topological polar surface area (TPSA) is 47.0 Å². The zero-order valence-corrected chi connectivity index (χ0v) is 7.44. The summed E-state index contributed by atoms with van der Waals surface area (Å²) in [7, 11) is 0. The Morgan fingerprint density at radius 3 is 3.31 bits per heavy atom. The van der Waals surface area contributed by atoms with Crippen molar-refractivity contribution in [2.24, 2.45) is 0 Å². The van der Waals surface area contributed by atoms with Gasteiger partial charge in [0, 0.05) is 18.3 Å². The third kappa shape index (κ3) is 2.39. The number of ether oxygens (including phenoxy) is 1. The summed E-state index contributed by atoms with van der Waals surface area (Å²) in [6.07, 6.45) is 5.63. The number of rotatable bonds is 3. The van der Waals surface area contributed by atoms with Gasteiger partial charge in [-0.2, -0.15) is 0 Å². The molecule has 1 N–H and O–H groups in total. The van der Waals surface area contributed by atoms with Crippen LogP contribution in [0, 0.1) is 0 Å². The van der Waals surface area contributed by atoms with Gasteiger partial charge in [-0.25, -0.2) is 9.97 Å². The smallest absolute Gasteiger partial charge is 0.216 e. The molecule has 0 radical (unpaired) electrons. The van der Waals surface area contributed by atoms with Crippen LogP contribution >= 0.6 is 0 Å². The lowest BCUT2D eigenvalue weighted by Gasteiger charge is -2.10. The lowest BCUT2D eigenvalue weighted by Crippen LogP contribution is -2.28. The van der Waals surface area contributed by atoms with E-state index in [1.54, 1.807) is 12.3 Å². The lowest BCUT2D eigenvalue weighted by atomic mass is 10.2. The molecule has 0 bridgehead atoms. The number of nitrogens with zero attached hydrogens (tertiary/aromatic N) is 2. The Morgan fingerprint density at radius 2 is 2.62 bits per heavy atom. The van der Waals surface area contributed by atoms with Crippen molar-refractivity contribution in [2.45, 2.75) is 18.9 Å². The maximum atomic E-state index is 5.48. The Morgan fingerprint density at radius 1 is 1.62 bits per heavy atom. The maximum Gasteiger partial charge on any atom is 0.216 e. The van der Waals surface area contributed by atoms with Crippen molar-refractivity contribution in [3.63, 3.8) is 0 Å². The highest BCUT2D eigenvalue weighted by atomic mass is 16.5. The number of aromatic nitrogens is 2. The molecule has 1 fully saturated rings. The Hall–Kier alpha value is -1.16. The van der Waals surface area contributed by atoms with Gasteiger partial charge in [0.25, 0.3) is 0 Å². The first-order valence-electron chi connectivity index (χ1n) is 4.57. The molecule has 1 aliphatic rings. The molecule has 1 aromatic rings. The molecule has 0 spiro atoms. The molecule has 0 aromatic carbocycles. The monoisotopic (exact) mass is 179 g/mol. The van der Waals surface area contributed by atoms with E-state index in [0.29, 0.717) is 18.5 Å². The first-order chi connectivity index (χ1) is 6.45. The van der Waals surface area contributed by atoms with E-state index in [-0.39, 0.29) is 0 Å². The molecule has 1 unspecified atom stereocenters. The van der Waals surface area contributed by atoms with Gasteiger partial charge in [-0.1, -0.05) is 0 Å². The van der Waals surface area contributed by atoms with Crippen LogP contribution in [0.1, 0.15) is 12.8 Å². The van der Waals surface area contributed by atoms with Gasteiger partial charge in [-0.3, -0.25) is 0 Å². The van der Waals surface area contributed by atoms with Crippen LogP contribution in [0.2, 0.25) is 0 Å². The summed E-state index contributed by atoms with van der Waals surface area (Å²) in [6.45, 7) is 1.81. The van der Waals surface area contributed by atoms with Crippen LogP contribution in [0.5, 0.6) is 5.88 Å². The molecule has 0 amide bonds. The first-order valence-corrected chi connectivity index (χ1v) is 4.57. The molecule has 4 heteroatoms. The van der Waals surface area contributed by atoms with E-state index in [1.807, 2.05) is 0 Å². The van der Waals surface area contributed by atoms with Crippen LogP contribution in [0.15, 0.2) is 18.6 Å². The largest absolute Gasteiger partial charge is 0.476 e. The standard InChI is InChI=1S/C9H13N3O/c1-2-8(11-4-1)6-13-9-3-5-10-7-12-9/h3,5,7-8,11H,1-2,4,6H2. The van der Waals surface area contributed by atoms with Crippen molar-refractivity contribution in [1.82, 2.24) is 15.3 Å². The first kappa shape index (κ1) is 8.44. The fourth-order valence-corrected chi connectivity index (χ4v) is 1.45. The predicted octanol–water partition coefficient (Wildman–Crippen LogP) is 0.607. The van der Waals surface area contributed by atoms with Crippen molar-refractivity contribution in [2.75, 3.05) is 13.2 Å². The van der Waals surface area contributed by atoms with E-state index >= 15 is 0 Å². The summed E-state index contributed by atoms with van der Waals surface area (Å²) in [5.74, 6) is 0.656. The SMILES string of the molecule is c1cc(OCC2CCCN2)ncn1. The van der Waals surface area contributed by atoms with Gasteiger partial charge in [0.2, 0.25) is 5.88 Å². The molecule has 2 heterocycles. The van der Waals surface area contributed by atoms with Crippen molar-refractivity contribution >= 4 is 0 Å². The second kappa shape index (κ2) is 4.18. The van der Waals surface area contributed by atoms with Gasteiger partial charge in [0.05, 0.1) is 0 Å². The summed E-state index contributed by atoms with van der Waals surface area (Å²) in [6, 6.07) is 2.27. The van der Waals surface area contributed by atoms with Crippen LogP contribution in [0.3, 0.4) is 0 Å². The molecule has 4 nitrogen and oxygen atoms in total. The average molecular weight is 179 g/mol. The summed E-state index contributed by atoms with van der Waals surface area (Å²) in [5, 5.41) is 3.36. The number of hydrogen-bond acceptors (Lipinski definition) is 4. The van der Waals surface area contributed by atoms with Crippen molar-refractivity contribution in [3.05, 3.63) is 18.6 Å². The fraction of sp³-hybridized carbons (Fsp3) is 0.556. The Bertz CT molecular complexity index is 246. The van der Waals surface area contributed by atoms with Gasteiger partial charge in [-0.15, -0.1) is 0 Å². The molecular weight excluding hydrogens is 166 g/mol. The van der Waals surface area contributed by atoms with Crippen LogP contribution in [-0.2, 0) is 0 Å². The number of nitrogens with one attached hydrogen (secondary N) is 1. The fourth-order valence-electron chi connectivity index (χ4n) is 1.45. The van der Waals surface area contributed by atoms with Crippen molar-refractivity contribution < 1.29 is 4.74 Å². The molecule has 2 rings (SSSR count). The summed E-state index contributed by atoms with van der Waals surface area (Å²) < 4.78 is 5.48. The number of hydrogen-bond donors (Lipinski definition) is 1. The van der Waals surface area contributed by atoms with Gasteiger partial charge in [-0.05, 0) is 19.4 Å². The van der Waals surface area contributed by atoms with Crippen LogP contribution in [0.4, 0.5) is 0 Å². The van der Waals surface area contributed by atoms with E-state index in [4.69, 9.17) is 4.74 Å². The highest BCUT2D eigenvalue weighted by molar-refractivity contribution is 5.04. The lowest BCUT2D eigenvalue weighted by molar-refractivity contribution is 0.267. The van der Waals surface area contributed by atoms with Gasteiger partial charge >= 0.3 is 0 Å². The zero-order chi connectivity index (χ0) is 8.93. The maximum absolute atomic E-state index is 5.48. The molecule has 1 aliphatic heterocycles. The minimum Gasteiger partial charge on any atom is -0.476 e. The minimum absolute atomic E-state index is 0.495. The van der Waals surface area contributed by atoms with Crippen LogP contribution in [0.25, 0.3) is 0 Å². The Kier molecular flexibility index (Phi) is 2.72. The zero-order valence-electron chi connectivity index (χ0n) is 7.44. The molecule has 0 aliphatic carbocycles. The minimum atomic E-state index is 0.495. The van der Waals surface area contributed by atoms with Crippen molar-refractivity contribution in [1.29, 1.82) is 0 Å². The Balaban J connectivity index is 1.79. The van der Waals surface area contributed by atoms with E-state index in [9.17, 15) is 0 Å². The van der Waals surface area contributed by atoms with E-state index in [2.05, 4.69) is 15.3 Å². The third-order valence-electron chi connectivity index (χ3n) is 2.15. The second-order valence-corrected chi connectivity index (χ2v) is 3.15. The van der Waals surface area contributed by atoms with Gasteiger partial charge < -0.3 is 10.1 Å². The van der Waals surface area contributed by atoms with Crippen LogP contribution in [-0.4, -0.2) is 29.2 Å². The van der Waals surface area contributed by atoms with E-state index in [1.165, 1.54) is 19.2 Å². The molecular formula is C9H13N3O. The van der Waals surface area contributed by atoms with Gasteiger partial charge in [0.15, 0.2) is 0 Å². The van der Waals surface area contributed by atoms with Crippen LogP contribution < -0.4 is 10.1 Å². The molecule has 1 aromatic heterocycles. The molecule has 0 saturated carbocycles. The molecule has 13 heavy (non-hydrogen) atoms. The highest BCUT2D eigenvalue weighted by Crippen LogP contribution is 2.07. The molecule has 1 atom stereocenters. The average Bonchev–Trinajstić information content (AvgIpc) is 2.69. The van der Waals surface area contributed by atoms with Gasteiger partial charge in [0.1, 0.15) is 12.9 Å². The van der Waals surface area contributed by atoms with Crippen molar-refractivity contribution in [3.8, 4) is 5.88 Å². The van der Waals surface area contributed by atoms with E-state index < -0.39 is 0 Å². The molecule has 70 valence electrons. The third-order valence-corrected chi connectivity index (χ3v) is 2.15. The predicted molar refractivity (Wildman–Crippen MR) is 48.6 cm³/mol. The summed E-state index contributed by atoms with van der Waals surface area (Å²) in [4.78, 5) is 7.80. The summed E-state index contributed by atoms with van der Waals surface area (Å²) >= 11 is 0. The quantitative estimate of drug-likeness (QED) is 0.738. The summed E-state index contributed by atoms with van der Waals surface area (Å²) in [5.41, 5.74) is 0. The van der Waals surface area contributed by atoms with E-state index in [0.717, 1.165) is 6.54 Å². The Labute approximate surface area is 77.4 Å². The molecule has 1 saturated heterocycles. The normalized spacial score (nSPS) is 21.7. The highest BCUT2D eigenvalue weighted by Gasteiger charge is 2.14. The second-order valence-electron chi connectivity index (χ2n) is 3.15.